The minimum Gasteiger partial charge on any atom is -0.367 e. The van der Waals surface area contributed by atoms with E-state index in [0.29, 0.717) is 0 Å². The Hall–Kier alpha value is -1.50. The van der Waals surface area contributed by atoms with Crippen LogP contribution in [-0.2, 0) is 11.2 Å². The van der Waals surface area contributed by atoms with E-state index in [0.717, 1.165) is 41.4 Å². The number of aromatic nitrogens is 2. The molecule has 6 heteroatoms. The normalized spacial score (nSPS) is 21.9. The van der Waals surface area contributed by atoms with E-state index in [1.54, 1.807) is 22.7 Å². The fourth-order valence-electron chi connectivity index (χ4n) is 3.05. The van der Waals surface area contributed by atoms with Crippen molar-refractivity contribution in [2.24, 2.45) is 0 Å². The molecule has 3 aromatic heterocycles. The van der Waals surface area contributed by atoms with E-state index >= 15 is 0 Å². The van der Waals surface area contributed by atoms with Crippen molar-refractivity contribution in [3.63, 3.8) is 0 Å². The first-order valence-corrected chi connectivity index (χ1v) is 9.73. The smallest absolute Gasteiger partial charge is 0.141 e. The van der Waals surface area contributed by atoms with Crippen molar-refractivity contribution < 1.29 is 4.74 Å². The lowest BCUT2D eigenvalue weighted by Crippen LogP contribution is -2.43. The summed E-state index contributed by atoms with van der Waals surface area (Å²) in [6.07, 6.45) is 1.15. The van der Waals surface area contributed by atoms with Crippen LogP contribution in [0.4, 0.5) is 5.82 Å². The molecule has 0 spiro atoms. The minimum absolute atomic E-state index is 0.110. The highest BCUT2D eigenvalue weighted by molar-refractivity contribution is 7.16. The first-order valence-electron chi connectivity index (χ1n) is 7.91. The summed E-state index contributed by atoms with van der Waals surface area (Å²) < 4.78 is 6.16. The fraction of sp³-hybridized carbons (Fsp3) is 0.412. The van der Waals surface area contributed by atoms with Gasteiger partial charge in [0.2, 0.25) is 0 Å². The van der Waals surface area contributed by atoms with E-state index in [9.17, 15) is 0 Å². The van der Waals surface area contributed by atoms with Crippen LogP contribution in [0, 0.1) is 0 Å². The SMILES string of the molecule is CCc1nc(N2CC(C)OC(c3ccsc3)C2)c2ccsc2n1. The van der Waals surface area contributed by atoms with Crippen molar-refractivity contribution >= 4 is 38.7 Å². The molecule has 120 valence electrons. The molecule has 2 atom stereocenters. The average molecular weight is 345 g/mol. The number of rotatable bonds is 3. The number of thiophene rings is 2. The van der Waals surface area contributed by atoms with Gasteiger partial charge in [0.25, 0.3) is 0 Å². The third-order valence-electron chi connectivity index (χ3n) is 4.14. The van der Waals surface area contributed by atoms with Crippen LogP contribution in [0.3, 0.4) is 0 Å². The van der Waals surface area contributed by atoms with Crippen LogP contribution < -0.4 is 4.90 Å². The van der Waals surface area contributed by atoms with Crippen LogP contribution in [0.1, 0.15) is 31.3 Å². The third-order valence-corrected chi connectivity index (χ3v) is 5.65. The fourth-order valence-corrected chi connectivity index (χ4v) is 4.53. The summed E-state index contributed by atoms with van der Waals surface area (Å²) in [5.74, 6) is 1.98. The van der Waals surface area contributed by atoms with Gasteiger partial charge in [-0.3, -0.25) is 0 Å². The molecular weight excluding hydrogens is 326 g/mol. The first kappa shape index (κ1) is 15.1. The summed E-state index contributed by atoms with van der Waals surface area (Å²) in [7, 11) is 0. The molecular formula is C17H19N3OS2. The molecule has 1 saturated heterocycles. The van der Waals surface area contributed by atoms with E-state index in [4.69, 9.17) is 9.72 Å². The molecule has 0 radical (unpaired) electrons. The number of fused-ring (bicyclic) bond motifs is 1. The van der Waals surface area contributed by atoms with Crippen LogP contribution in [0.2, 0.25) is 0 Å². The van der Waals surface area contributed by atoms with Crippen molar-refractivity contribution in [1.29, 1.82) is 0 Å². The van der Waals surface area contributed by atoms with E-state index in [1.165, 1.54) is 5.56 Å². The average Bonchev–Trinajstić information content (AvgIpc) is 3.24. The van der Waals surface area contributed by atoms with Gasteiger partial charge in [-0.05, 0) is 40.8 Å². The van der Waals surface area contributed by atoms with Crippen molar-refractivity contribution in [3.8, 4) is 0 Å². The van der Waals surface area contributed by atoms with Crippen LogP contribution in [0.25, 0.3) is 10.2 Å². The van der Waals surface area contributed by atoms with Gasteiger partial charge in [-0.25, -0.2) is 9.97 Å². The summed E-state index contributed by atoms with van der Waals surface area (Å²) in [5.41, 5.74) is 1.26. The van der Waals surface area contributed by atoms with Gasteiger partial charge in [-0.1, -0.05) is 6.92 Å². The summed E-state index contributed by atoms with van der Waals surface area (Å²) in [6, 6.07) is 4.29. The molecule has 1 aliphatic heterocycles. The van der Waals surface area contributed by atoms with Gasteiger partial charge in [0.1, 0.15) is 22.6 Å². The lowest BCUT2D eigenvalue weighted by atomic mass is 10.1. The Labute approximate surface area is 143 Å². The second-order valence-electron chi connectivity index (χ2n) is 5.85. The molecule has 0 bridgehead atoms. The maximum absolute atomic E-state index is 6.16. The van der Waals surface area contributed by atoms with Gasteiger partial charge >= 0.3 is 0 Å². The highest BCUT2D eigenvalue weighted by atomic mass is 32.1. The van der Waals surface area contributed by atoms with Gasteiger partial charge in [0.05, 0.1) is 11.5 Å². The molecule has 0 amide bonds. The van der Waals surface area contributed by atoms with Crippen LogP contribution in [-0.4, -0.2) is 29.2 Å². The molecule has 23 heavy (non-hydrogen) atoms. The molecule has 4 heterocycles. The molecule has 2 unspecified atom stereocenters. The molecule has 1 aliphatic rings. The second kappa shape index (κ2) is 6.19. The highest BCUT2D eigenvalue weighted by Crippen LogP contribution is 2.33. The molecule has 4 rings (SSSR count). The number of ether oxygens (including phenoxy) is 1. The van der Waals surface area contributed by atoms with Crippen molar-refractivity contribution in [3.05, 3.63) is 39.7 Å². The monoisotopic (exact) mass is 345 g/mol. The van der Waals surface area contributed by atoms with Crippen molar-refractivity contribution in [2.75, 3.05) is 18.0 Å². The third kappa shape index (κ3) is 2.86. The second-order valence-corrected chi connectivity index (χ2v) is 7.53. The Bertz CT molecular complexity index is 799. The predicted octanol–water partition coefficient (Wildman–Crippen LogP) is 4.28. The van der Waals surface area contributed by atoms with Crippen molar-refractivity contribution in [2.45, 2.75) is 32.5 Å². The molecule has 3 aromatic rings. The van der Waals surface area contributed by atoms with E-state index in [2.05, 4.69) is 52.0 Å². The van der Waals surface area contributed by atoms with Gasteiger partial charge < -0.3 is 9.64 Å². The zero-order valence-corrected chi connectivity index (χ0v) is 14.9. The maximum atomic E-state index is 6.16. The number of nitrogens with zero attached hydrogens (tertiary/aromatic N) is 3. The zero-order valence-electron chi connectivity index (χ0n) is 13.2. The zero-order chi connectivity index (χ0) is 15.8. The Morgan fingerprint density at radius 2 is 2.17 bits per heavy atom. The molecule has 0 aliphatic carbocycles. The highest BCUT2D eigenvalue weighted by Gasteiger charge is 2.29. The van der Waals surface area contributed by atoms with Gasteiger partial charge in [0, 0.05) is 19.5 Å². The number of anilines is 1. The largest absolute Gasteiger partial charge is 0.367 e. The minimum atomic E-state index is 0.110. The quantitative estimate of drug-likeness (QED) is 0.710. The maximum Gasteiger partial charge on any atom is 0.141 e. The topological polar surface area (TPSA) is 38.2 Å². The van der Waals surface area contributed by atoms with E-state index in [1.807, 2.05) is 0 Å². The standard InChI is InChI=1S/C17H19N3OS2/c1-3-15-18-16(13-5-7-23-17(13)19-15)20-8-11(2)21-14(9-20)12-4-6-22-10-12/h4-7,10-11,14H,3,8-9H2,1-2H3. The number of hydrogen-bond donors (Lipinski definition) is 0. The van der Waals surface area contributed by atoms with Gasteiger partial charge in [0.15, 0.2) is 0 Å². The number of morpholine rings is 1. The summed E-state index contributed by atoms with van der Waals surface area (Å²) in [6.45, 7) is 5.95. The molecule has 0 aromatic carbocycles. The number of aryl methyl sites for hydroxylation is 1. The van der Waals surface area contributed by atoms with Gasteiger partial charge in [-0.2, -0.15) is 11.3 Å². The van der Waals surface area contributed by atoms with Crippen LogP contribution in [0.5, 0.6) is 0 Å². The summed E-state index contributed by atoms with van der Waals surface area (Å²) in [4.78, 5) is 12.9. The number of hydrogen-bond acceptors (Lipinski definition) is 6. The molecule has 0 saturated carbocycles. The summed E-state index contributed by atoms with van der Waals surface area (Å²) in [5, 5.41) is 7.55. The Morgan fingerprint density at radius 1 is 1.26 bits per heavy atom. The lowest BCUT2D eigenvalue weighted by molar-refractivity contribution is -0.0173. The first-order chi connectivity index (χ1) is 11.2. The molecule has 1 fully saturated rings. The summed E-state index contributed by atoms with van der Waals surface area (Å²) >= 11 is 3.41. The molecule has 0 N–H and O–H groups in total. The lowest BCUT2D eigenvalue weighted by Gasteiger charge is -2.37. The van der Waals surface area contributed by atoms with Crippen LogP contribution >= 0.6 is 22.7 Å². The van der Waals surface area contributed by atoms with Crippen molar-refractivity contribution in [1.82, 2.24) is 9.97 Å². The molecule has 4 nitrogen and oxygen atoms in total. The predicted molar refractivity (Wildman–Crippen MR) is 96.6 cm³/mol. The van der Waals surface area contributed by atoms with Gasteiger partial charge in [-0.15, -0.1) is 11.3 Å². The Kier molecular flexibility index (Phi) is 4.05. The Balaban J connectivity index is 1.73. The van der Waals surface area contributed by atoms with Crippen LogP contribution in [0.15, 0.2) is 28.3 Å². The van der Waals surface area contributed by atoms with E-state index < -0.39 is 0 Å². The van der Waals surface area contributed by atoms with E-state index in [-0.39, 0.29) is 12.2 Å². The Morgan fingerprint density at radius 3 is 2.96 bits per heavy atom.